The van der Waals surface area contributed by atoms with Crippen LogP contribution in [0.4, 0.5) is 11.4 Å². The van der Waals surface area contributed by atoms with Crippen molar-refractivity contribution in [1.29, 1.82) is 0 Å². The molecule has 4 aromatic rings. The van der Waals surface area contributed by atoms with Crippen molar-refractivity contribution in [2.45, 2.75) is 6.61 Å². The van der Waals surface area contributed by atoms with Gasteiger partial charge in [-0.15, -0.1) is 0 Å². The minimum Gasteiger partial charge on any atom is -0.392 e. The van der Waals surface area contributed by atoms with Gasteiger partial charge in [0.15, 0.2) is 0 Å². The fourth-order valence-corrected chi connectivity index (χ4v) is 3.58. The van der Waals surface area contributed by atoms with Gasteiger partial charge in [0.05, 0.1) is 17.8 Å². The molecule has 8 heteroatoms. The SMILES string of the molecule is Cn1c(=O)c(C(=O)Nc2ccc(Cl)cc2)cc2c(NC(=O)c3ccc(CO)cc3)cccc21. The van der Waals surface area contributed by atoms with Crippen LogP contribution in [0.5, 0.6) is 0 Å². The summed E-state index contributed by atoms with van der Waals surface area (Å²) in [7, 11) is 1.57. The second kappa shape index (κ2) is 9.28. The summed E-state index contributed by atoms with van der Waals surface area (Å²) in [6.07, 6.45) is 0. The van der Waals surface area contributed by atoms with E-state index in [1.165, 1.54) is 10.6 Å². The van der Waals surface area contributed by atoms with Crippen molar-refractivity contribution in [2.75, 3.05) is 10.6 Å². The van der Waals surface area contributed by atoms with E-state index in [0.29, 0.717) is 38.4 Å². The van der Waals surface area contributed by atoms with Gasteiger partial charge in [-0.05, 0) is 60.2 Å². The van der Waals surface area contributed by atoms with Crippen LogP contribution in [0.15, 0.2) is 77.6 Å². The number of amides is 2. The normalized spacial score (nSPS) is 10.8. The van der Waals surface area contributed by atoms with Gasteiger partial charge in [0.1, 0.15) is 5.56 Å². The standard InChI is InChI=1S/C25H20ClN3O4/c1-29-22-4-2-3-21(28-23(31)16-7-5-15(14-30)6-8-16)19(22)13-20(25(29)33)24(32)27-18-11-9-17(26)10-12-18/h2-13,30H,14H2,1H3,(H,27,32)(H,28,31). The summed E-state index contributed by atoms with van der Waals surface area (Å²) in [4.78, 5) is 38.5. The van der Waals surface area contributed by atoms with Crippen LogP contribution < -0.4 is 16.2 Å². The summed E-state index contributed by atoms with van der Waals surface area (Å²) in [5, 5.41) is 15.8. The third-order valence-electron chi connectivity index (χ3n) is 5.26. The number of anilines is 2. The molecule has 0 aliphatic carbocycles. The Labute approximate surface area is 194 Å². The van der Waals surface area contributed by atoms with Gasteiger partial charge in [0.25, 0.3) is 17.4 Å². The Hall–Kier alpha value is -3.94. The van der Waals surface area contributed by atoms with Crippen LogP contribution >= 0.6 is 11.6 Å². The monoisotopic (exact) mass is 461 g/mol. The Bertz CT molecular complexity index is 1410. The maximum absolute atomic E-state index is 12.9. The Morgan fingerprint density at radius 3 is 2.30 bits per heavy atom. The van der Waals surface area contributed by atoms with Crippen molar-refractivity contribution in [1.82, 2.24) is 4.57 Å². The zero-order valence-electron chi connectivity index (χ0n) is 17.6. The summed E-state index contributed by atoms with van der Waals surface area (Å²) in [6.45, 7) is -0.111. The number of rotatable bonds is 5. The van der Waals surface area contributed by atoms with E-state index in [0.717, 1.165) is 0 Å². The molecular weight excluding hydrogens is 442 g/mol. The summed E-state index contributed by atoms with van der Waals surface area (Å²) in [6, 6.07) is 19.8. The molecule has 2 amide bonds. The van der Waals surface area contributed by atoms with Gasteiger partial charge >= 0.3 is 0 Å². The lowest BCUT2D eigenvalue weighted by atomic mass is 10.1. The molecule has 0 unspecified atom stereocenters. The van der Waals surface area contributed by atoms with E-state index >= 15 is 0 Å². The number of hydrogen-bond acceptors (Lipinski definition) is 4. The number of aliphatic hydroxyl groups excluding tert-OH is 1. The van der Waals surface area contributed by atoms with E-state index in [2.05, 4.69) is 10.6 Å². The van der Waals surface area contributed by atoms with Crippen molar-refractivity contribution in [2.24, 2.45) is 7.05 Å². The Morgan fingerprint density at radius 1 is 0.939 bits per heavy atom. The van der Waals surface area contributed by atoms with Crippen molar-refractivity contribution in [3.63, 3.8) is 0 Å². The van der Waals surface area contributed by atoms with Crippen LogP contribution in [0.25, 0.3) is 10.9 Å². The van der Waals surface area contributed by atoms with Gasteiger partial charge in [0, 0.05) is 28.7 Å². The summed E-state index contributed by atoms with van der Waals surface area (Å²) in [5.41, 5.74) is 2.11. The smallest absolute Gasteiger partial charge is 0.263 e. The number of hydrogen-bond donors (Lipinski definition) is 3. The highest BCUT2D eigenvalue weighted by Crippen LogP contribution is 2.24. The number of fused-ring (bicyclic) bond motifs is 1. The lowest BCUT2D eigenvalue weighted by Crippen LogP contribution is -2.28. The zero-order valence-corrected chi connectivity index (χ0v) is 18.4. The number of carbonyl (C=O) groups is 2. The molecule has 0 aliphatic rings. The Balaban J connectivity index is 1.70. The number of aliphatic hydroxyl groups is 1. The number of aryl methyl sites for hydroxylation is 1. The molecule has 1 heterocycles. The second-order valence-corrected chi connectivity index (χ2v) is 7.87. The van der Waals surface area contributed by atoms with Crippen LogP contribution in [-0.2, 0) is 13.7 Å². The summed E-state index contributed by atoms with van der Waals surface area (Å²) < 4.78 is 1.37. The molecule has 0 spiro atoms. The van der Waals surface area contributed by atoms with Crippen molar-refractivity contribution in [3.05, 3.63) is 105 Å². The molecule has 0 saturated heterocycles. The largest absolute Gasteiger partial charge is 0.392 e. The molecule has 3 N–H and O–H groups in total. The van der Waals surface area contributed by atoms with E-state index in [4.69, 9.17) is 11.6 Å². The maximum Gasteiger partial charge on any atom is 0.263 e. The molecule has 0 aliphatic heterocycles. The molecule has 166 valence electrons. The zero-order chi connectivity index (χ0) is 23.5. The van der Waals surface area contributed by atoms with E-state index in [-0.39, 0.29) is 18.1 Å². The number of benzene rings is 3. The topological polar surface area (TPSA) is 100 Å². The fourth-order valence-electron chi connectivity index (χ4n) is 3.45. The molecular formula is C25H20ClN3O4. The first-order valence-electron chi connectivity index (χ1n) is 10.1. The van der Waals surface area contributed by atoms with E-state index in [9.17, 15) is 19.5 Å². The third kappa shape index (κ3) is 4.64. The molecule has 0 bridgehead atoms. The van der Waals surface area contributed by atoms with Gasteiger partial charge in [-0.3, -0.25) is 14.4 Å². The predicted molar refractivity (Wildman–Crippen MR) is 129 cm³/mol. The van der Waals surface area contributed by atoms with Crippen molar-refractivity contribution < 1.29 is 14.7 Å². The van der Waals surface area contributed by atoms with E-state index in [1.807, 2.05) is 0 Å². The molecule has 0 fully saturated rings. The summed E-state index contributed by atoms with van der Waals surface area (Å²) in [5.74, 6) is -0.923. The molecule has 1 aromatic heterocycles. The summed E-state index contributed by atoms with van der Waals surface area (Å²) >= 11 is 5.88. The van der Waals surface area contributed by atoms with E-state index in [1.54, 1.807) is 73.8 Å². The van der Waals surface area contributed by atoms with Crippen LogP contribution in [-0.4, -0.2) is 21.5 Å². The quantitative estimate of drug-likeness (QED) is 0.415. The van der Waals surface area contributed by atoms with Crippen LogP contribution in [0.2, 0.25) is 5.02 Å². The lowest BCUT2D eigenvalue weighted by Gasteiger charge is -2.13. The van der Waals surface area contributed by atoms with Crippen LogP contribution in [0.1, 0.15) is 26.3 Å². The highest BCUT2D eigenvalue weighted by Gasteiger charge is 2.17. The molecule has 33 heavy (non-hydrogen) atoms. The Kier molecular flexibility index (Phi) is 6.26. The number of nitrogens with one attached hydrogen (secondary N) is 2. The second-order valence-electron chi connectivity index (χ2n) is 7.43. The van der Waals surface area contributed by atoms with Gasteiger partial charge in [-0.25, -0.2) is 0 Å². The van der Waals surface area contributed by atoms with E-state index < -0.39 is 11.5 Å². The highest BCUT2D eigenvalue weighted by molar-refractivity contribution is 6.30. The van der Waals surface area contributed by atoms with Crippen LogP contribution in [0.3, 0.4) is 0 Å². The number of nitrogens with zero attached hydrogens (tertiary/aromatic N) is 1. The average Bonchev–Trinajstić information content (AvgIpc) is 2.83. The third-order valence-corrected chi connectivity index (χ3v) is 5.51. The average molecular weight is 462 g/mol. The lowest BCUT2D eigenvalue weighted by molar-refractivity contribution is 0.101. The van der Waals surface area contributed by atoms with Crippen LogP contribution in [0, 0.1) is 0 Å². The highest BCUT2D eigenvalue weighted by atomic mass is 35.5. The minimum atomic E-state index is -0.569. The predicted octanol–water partition coefficient (Wildman–Crippen LogP) is 4.19. The molecule has 3 aromatic carbocycles. The first kappa shape index (κ1) is 22.3. The first-order valence-corrected chi connectivity index (χ1v) is 10.5. The molecule has 0 radical (unpaired) electrons. The number of aromatic nitrogens is 1. The molecule has 0 atom stereocenters. The van der Waals surface area contributed by atoms with Gasteiger partial charge in [-0.2, -0.15) is 0 Å². The minimum absolute atomic E-state index is 0.0612. The maximum atomic E-state index is 12.9. The van der Waals surface area contributed by atoms with Gasteiger partial charge in [-0.1, -0.05) is 29.8 Å². The number of halogens is 1. The van der Waals surface area contributed by atoms with Crippen molar-refractivity contribution in [3.8, 4) is 0 Å². The first-order chi connectivity index (χ1) is 15.9. The number of carbonyl (C=O) groups excluding carboxylic acids is 2. The molecule has 7 nitrogen and oxygen atoms in total. The van der Waals surface area contributed by atoms with Crippen molar-refractivity contribution >= 4 is 45.7 Å². The van der Waals surface area contributed by atoms with Gasteiger partial charge < -0.3 is 20.3 Å². The van der Waals surface area contributed by atoms with Gasteiger partial charge in [0.2, 0.25) is 0 Å². The fraction of sp³-hybridized carbons (Fsp3) is 0.0800. The Morgan fingerprint density at radius 2 is 1.64 bits per heavy atom. The number of pyridine rings is 1. The molecule has 0 saturated carbocycles. The molecule has 4 rings (SSSR count).